The summed E-state index contributed by atoms with van der Waals surface area (Å²) in [6.45, 7) is 8.52. The Hall–Kier alpha value is -1.91. The van der Waals surface area contributed by atoms with E-state index in [-0.39, 0.29) is 41.8 Å². The first kappa shape index (κ1) is 26.1. The van der Waals surface area contributed by atoms with Gasteiger partial charge < -0.3 is 20.1 Å². The van der Waals surface area contributed by atoms with Gasteiger partial charge >= 0.3 is 0 Å². The fourth-order valence-corrected chi connectivity index (χ4v) is 4.01. The number of aliphatic hydroxyl groups is 1. The van der Waals surface area contributed by atoms with Crippen LogP contribution in [0.3, 0.4) is 0 Å². The topological polar surface area (TPSA) is 128 Å². The number of rotatable bonds is 13. The quantitative estimate of drug-likeness (QED) is 0.406. The van der Waals surface area contributed by atoms with Gasteiger partial charge in [0, 0.05) is 38.5 Å². The summed E-state index contributed by atoms with van der Waals surface area (Å²) in [5.41, 5.74) is 7.79. The Bertz CT molecular complexity index is 696. The first-order chi connectivity index (χ1) is 14.2. The second-order valence-corrected chi connectivity index (χ2v) is 8.59. The summed E-state index contributed by atoms with van der Waals surface area (Å²) >= 11 is 1.21. The van der Waals surface area contributed by atoms with Crippen LogP contribution >= 0.6 is 11.3 Å². The molecule has 0 unspecified atom stereocenters. The van der Waals surface area contributed by atoms with Gasteiger partial charge in [0.15, 0.2) is 6.04 Å². The lowest BCUT2D eigenvalue weighted by Crippen LogP contribution is -2.50. The predicted molar refractivity (Wildman–Crippen MR) is 116 cm³/mol. The van der Waals surface area contributed by atoms with Crippen LogP contribution < -0.4 is 5.32 Å². The van der Waals surface area contributed by atoms with Crippen LogP contribution in [0.1, 0.15) is 62.1 Å². The molecule has 0 saturated heterocycles. The fraction of sp³-hybridized carbons (Fsp3) is 0.750. The molecule has 0 aromatic carbocycles. The summed E-state index contributed by atoms with van der Waals surface area (Å²) in [7, 11) is 3.09. The van der Waals surface area contributed by atoms with Gasteiger partial charge in [0.05, 0.1) is 6.61 Å². The van der Waals surface area contributed by atoms with Gasteiger partial charge in [-0.25, -0.2) is 10.5 Å². The van der Waals surface area contributed by atoms with E-state index in [0.29, 0.717) is 18.2 Å². The fourth-order valence-electron chi connectivity index (χ4n) is 3.21. The number of ether oxygens (including phenoxy) is 1. The number of aliphatic hydroxyl groups excluding tert-OH is 1. The molecule has 0 bridgehead atoms. The van der Waals surface area contributed by atoms with Crippen molar-refractivity contribution in [1.29, 1.82) is 5.53 Å². The molecule has 4 atom stereocenters. The molecule has 1 aromatic rings. The highest BCUT2D eigenvalue weighted by Gasteiger charge is 2.35. The second kappa shape index (κ2) is 12.7. The number of methoxy groups -OCH3 is 1. The van der Waals surface area contributed by atoms with Gasteiger partial charge in [0.1, 0.15) is 16.8 Å². The van der Waals surface area contributed by atoms with Crippen molar-refractivity contribution in [2.45, 2.75) is 58.7 Å². The van der Waals surface area contributed by atoms with Crippen molar-refractivity contribution in [2.75, 3.05) is 27.3 Å². The van der Waals surface area contributed by atoms with Gasteiger partial charge in [0.2, 0.25) is 5.91 Å². The van der Waals surface area contributed by atoms with E-state index in [4.69, 9.17) is 10.3 Å². The van der Waals surface area contributed by atoms with E-state index in [2.05, 4.69) is 15.4 Å². The maximum absolute atomic E-state index is 13.3. The van der Waals surface area contributed by atoms with Crippen molar-refractivity contribution in [1.82, 2.24) is 15.2 Å². The third-order valence-electron chi connectivity index (χ3n) is 5.30. The molecule has 0 aliphatic heterocycles. The summed E-state index contributed by atoms with van der Waals surface area (Å²) in [5, 5.41) is 19.0. The standard InChI is InChI=1S/C20H35N5O4S/c1-7-13(4)17(24-21)20(28)25(8-9-29-6)15(12(2)3)10-16(26)19-23-14(11-30-19)18(27)22-5/h11-13,15-17,21,26H,7-10H2,1-6H3,(H,22,27)/t13-,15+,16+,17-/m0/s1. The smallest absolute Gasteiger partial charge is 0.270 e. The minimum Gasteiger partial charge on any atom is -0.386 e. The molecule has 10 heteroatoms. The Morgan fingerprint density at radius 2 is 2.07 bits per heavy atom. The van der Waals surface area contributed by atoms with E-state index in [1.807, 2.05) is 27.7 Å². The molecule has 0 spiro atoms. The number of nitrogens with one attached hydrogen (secondary N) is 2. The molecule has 0 saturated carbocycles. The number of hydrogen-bond donors (Lipinski definition) is 3. The zero-order valence-electron chi connectivity index (χ0n) is 18.7. The third kappa shape index (κ3) is 6.82. The first-order valence-electron chi connectivity index (χ1n) is 10.2. The molecular formula is C20H35N5O4S. The van der Waals surface area contributed by atoms with Crippen LogP contribution in [0.25, 0.3) is 0 Å². The predicted octanol–water partition coefficient (Wildman–Crippen LogP) is 2.87. The molecule has 2 amide bonds. The van der Waals surface area contributed by atoms with Crippen molar-refractivity contribution < 1.29 is 19.4 Å². The SMILES string of the molecule is CC[C@H](C)[C@H](N=N)C(=O)N(CCOC)[C@H](C[C@@H](O)c1nc(C(=O)NC)cs1)C(C)C. The van der Waals surface area contributed by atoms with Crippen LogP contribution in [0.4, 0.5) is 0 Å². The Labute approximate surface area is 182 Å². The Morgan fingerprint density at radius 3 is 2.57 bits per heavy atom. The van der Waals surface area contributed by atoms with Crippen molar-refractivity contribution in [3.8, 4) is 0 Å². The number of amides is 2. The summed E-state index contributed by atoms with van der Waals surface area (Å²) in [6, 6.07) is -1.06. The molecule has 0 radical (unpaired) electrons. The van der Waals surface area contributed by atoms with E-state index < -0.39 is 12.1 Å². The van der Waals surface area contributed by atoms with Gasteiger partial charge in [-0.1, -0.05) is 34.1 Å². The number of thiazole rings is 1. The van der Waals surface area contributed by atoms with E-state index in [9.17, 15) is 14.7 Å². The van der Waals surface area contributed by atoms with E-state index in [1.54, 1.807) is 17.4 Å². The Balaban J connectivity index is 3.13. The summed E-state index contributed by atoms with van der Waals surface area (Å²) < 4.78 is 5.20. The van der Waals surface area contributed by atoms with Crippen LogP contribution in [0.5, 0.6) is 0 Å². The molecule has 0 aliphatic rings. The number of nitrogens with zero attached hydrogens (tertiary/aromatic N) is 3. The second-order valence-electron chi connectivity index (χ2n) is 7.70. The number of aromatic nitrogens is 1. The average Bonchev–Trinajstić information content (AvgIpc) is 3.23. The van der Waals surface area contributed by atoms with Crippen LogP contribution in [-0.4, -0.2) is 66.2 Å². The third-order valence-corrected chi connectivity index (χ3v) is 6.24. The highest BCUT2D eigenvalue weighted by atomic mass is 32.1. The Morgan fingerprint density at radius 1 is 1.40 bits per heavy atom. The first-order valence-corrected chi connectivity index (χ1v) is 11.1. The molecule has 0 fully saturated rings. The molecule has 30 heavy (non-hydrogen) atoms. The maximum Gasteiger partial charge on any atom is 0.270 e. The van der Waals surface area contributed by atoms with E-state index in [1.165, 1.54) is 18.4 Å². The van der Waals surface area contributed by atoms with Crippen LogP contribution in [-0.2, 0) is 9.53 Å². The molecular weight excluding hydrogens is 406 g/mol. The number of hydrogen-bond acceptors (Lipinski definition) is 8. The van der Waals surface area contributed by atoms with E-state index in [0.717, 1.165) is 6.42 Å². The molecule has 3 N–H and O–H groups in total. The summed E-state index contributed by atoms with van der Waals surface area (Å²) in [4.78, 5) is 31.0. The molecule has 170 valence electrons. The zero-order chi connectivity index (χ0) is 22.8. The largest absolute Gasteiger partial charge is 0.386 e. The minimum absolute atomic E-state index is 0.0437. The van der Waals surface area contributed by atoms with Gasteiger partial charge in [-0.3, -0.25) is 9.59 Å². The average molecular weight is 442 g/mol. The highest BCUT2D eigenvalue weighted by Crippen LogP contribution is 2.28. The lowest BCUT2D eigenvalue weighted by atomic mass is 9.93. The van der Waals surface area contributed by atoms with Crippen LogP contribution in [0, 0.1) is 17.4 Å². The maximum atomic E-state index is 13.3. The highest BCUT2D eigenvalue weighted by molar-refractivity contribution is 7.09. The lowest BCUT2D eigenvalue weighted by Gasteiger charge is -2.37. The van der Waals surface area contributed by atoms with Crippen molar-refractivity contribution in [3.05, 3.63) is 16.1 Å². The van der Waals surface area contributed by atoms with Gasteiger partial charge in [-0.15, -0.1) is 11.3 Å². The van der Waals surface area contributed by atoms with Crippen molar-refractivity contribution in [2.24, 2.45) is 17.0 Å². The number of carbonyl (C=O) groups is 2. The molecule has 0 aliphatic carbocycles. The van der Waals surface area contributed by atoms with Crippen molar-refractivity contribution in [3.63, 3.8) is 0 Å². The monoisotopic (exact) mass is 441 g/mol. The van der Waals surface area contributed by atoms with Gasteiger partial charge in [-0.05, 0) is 11.8 Å². The molecule has 1 heterocycles. The minimum atomic E-state index is -0.923. The molecule has 9 nitrogen and oxygen atoms in total. The van der Waals surface area contributed by atoms with Crippen molar-refractivity contribution >= 4 is 23.2 Å². The molecule has 1 aromatic heterocycles. The number of carbonyl (C=O) groups excluding carboxylic acids is 2. The normalized spacial score (nSPS) is 15.3. The lowest BCUT2D eigenvalue weighted by molar-refractivity contribution is -0.138. The van der Waals surface area contributed by atoms with Crippen LogP contribution in [0.15, 0.2) is 10.5 Å². The van der Waals surface area contributed by atoms with E-state index >= 15 is 0 Å². The summed E-state index contributed by atoms with van der Waals surface area (Å²) in [6.07, 6.45) is 0.0698. The van der Waals surface area contributed by atoms with Gasteiger partial charge in [0.25, 0.3) is 5.91 Å². The summed E-state index contributed by atoms with van der Waals surface area (Å²) in [5.74, 6) is -0.558. The Kier molecular flexibility index (Phi) is 11.1. The zero-order valence-corrected chi connectivity index (χ0v) is 19.5. The molecule has 1 rings (SSSR count). The van der Waals surface area contributed by atoms with Gasteiger partial charge in [-0.2, -0.15) is 5.11 Å². The van der Waals surface area contributed by atoms with Crippen LogP contribution in [0.2, 0.25) is 0 Å².